The molecule has 3 heterocycles. The van der Waals surface area contributed by atoms with Gasteiger partial charge in [0.25, 0.3) is 5.91 Å². The first kappa shape index (κ1) is 14.3. The lowest BCUT2D eigenvalue weighted by atomic mass is 10.3. The molecule has 0 aromatic carbocycles. The van der Waals surface area contributed by atoms with Crippen LogP contribution >= 0.6 is 0 Å². The fraction of sp³-hybridized carbons (Fsp3) is 0.429. The van der Waals surface area contributed by atoms with Crippen LogP contribution in [-0.2, 0) is 0 Å². The first-order valence-corrected chi connectivity index (χ1v) is 7.14. The van der Waals surface area contributed by atoms with Gasteiger partial charge < -0.3 is 15.5 Å². The van der Waals surface area contributed by atoms with Crippen LogP contribution in [-0.4, -0.2) is 52.8 Å². The van der Waals surface area contributed by atoms with Gasteiger partial charge in [-0.15, -0.1) is 0 Å². The molecule has 2 aromatic rings. The lowest BCUT2D eigenvalue weighted by Gasteiger charge is -2.19. The van der Waals surface area contributed by atoms with E-state index in [4.69, 9.17) is 5.73 Å². The third-order valence-electron chi connectivity index (χ3n) is 3.78. The lowest BCUT2D eigenvalue weighted by Crippen LogP contribution is -2.23. The van der Waals surface area contributed by atoms with E-state index in [1.165, 1.54) is 6.20 Å². The van der Waals surface area contributed by atoms with E-state index in [9.17, 15) is 4.79 Å². The summed E-state index contributed by atoms with van der Waals surface area (Å²) >= 11 is 0. The number of carbonyl (C=O) groups is 1. The Morgan fingerprint density at radius 3 is 2.95 bits per heavy atom. The Bertz CT molecular complexity index is 681. The Kier molecular flexibility index (Phi) is 3.66. The molecule has 0 saturated carbocycles. The van der Waals surface area contributed by atoms with Crippen molar-refractivity contribution in [3.63, 3.8) is 0 Å². The zero-order valence-electron chi connectivity index (χ0n) is 12.7. The van der Waals surface area contributed by atoms with E-state index >= 15 is 0 Å². The third-order valence-corrected chi connectivity index (χ3v) is 3.78. The van der Waals surface area contributed by atoms with E-state index < -0.39 is 5.91 Å². The Morgan fingerprint density at radius 2 is 2.27 bits per heavy atom. The number of nitrogens with two attached hydrogens (primary N) is 1. The summed E-state index contributed by atoms with van der Waals surface area (Å²) in [6, 6.07) is 2.12. The summed E-state index contributed by atoms with van der Waals surface area (Å²) in [5, 5.41) is 4.24. The molecular weight excluding hydrogens is 282 g/mol. The van der Waals surface area contributed by atoms with Gasteiger partial charge in [0.1, 0.15) is 5.82 Å². The standard InChI is InChI=1S/C14H19N7O/c1-19(2)14-16-5-3-12(18-14)20-6-4-11(9-20)21-8-10(7-17-21)13(15)22/h3,5,7-8,11H,4,6,9H2,1-2H3,(H2,15,22). The van der Waals surface area contributed by atoms with Gasteiger partial charge in [-0.2, -0.15) is 10.1 Å². The topological polar surface area (TPSA) is 93.2 Å². The first-order chi connectivity index (χ1) is 10.5. The zero-order valence-corrected chi connectivity index (χ0v) is 12.7. The van der Waals surface area contributed by atoms with E-state index in [2.05, 4.69) is 20.0 Å². The Labute approximate surface area is 128 Å². The molecule has 1 amide bonds. The summed E-state index contributed by atoms with van der Waals surface area (Å²) < 4.78 is 1.81. The molecule has 2 aromatic heterocycles. The number of carbonyl (C=O) groups excluding carboxylic acids is 1. The van der Waals surface area contributed by atoms with Gasteiger partial charge in [0.2, 0.25) is 5.95 Å². The molecule has 1 saturated heterocycles. The largest absolute Gasteiger partial charge is 0.366 e. The van der Waals surface area contributed by atoms with Crippen LogP contribution in [0.25, 0.3) is 0 Å². The minimum absolute atomic E-state index is 0.214. The van der Waals surface area contributed by atoms with E-state index in [0.717, 1.165) is 25.3 Å². The van der Waals surface area contributed by atoms with Gasteiger partial charge in [0, 0.05) is 39.6 Å². The summed E-state index contributed by atoms with van der Waals surface area (Å²) in [5.41, 5.74) is 5.70. The van der Waals surface area contributed by atoms with Crippen LogP contribution in [0.5, 0.6) is 0 Å². The Hall–Kier alpha value is -2.64. The van der Waals surface area contributed by atoms with Crippen LogP contribution in [0.15, 0.2) is 24.7 Å². The van der Waals surface area contributed by atoms with Crippen LogP contribution < -0.4 is 15.5 Å². The highest BCUT2D eigenvalue weighted by Crippen LogP contribution is 2.26. The molecule has 8 nitrogen and oxygen atoms in total. The number of anilines is 2. The average Bonchev–Trinajstić information content (AvgIpc) is 3.16. The molecule has 0 radical (unpaired) electrons. The highest BCUT2D eigenvalue weighted by molar-refractivity contribution is 5.92. The second-order valence-corrected chi connectivity index (χ2v) is 5.57. The molecule has 3 rings (SSSR count). The van der Waals surface area contributed by atoms with E-state index in [0.29, 0.717) is 11.5 Å². The maximum atomic E-state index is 11.2. The number of primary amides is 1. The van der Waals surface area contributed by atoms with Crippen LogP contribution in [0, 0.1) is 0 Å². The maximum absolute atomic E-state index is 11.2. The summed E-state index contributed by atoms with van der Waals surface area (Å²) in [6.07, 6.45) is 5.94. The highest BCUT2D eigenvalue weighted by atomic mass is 16.1. The van der Waals surface area contributed by atoms with Crippen LogP contribution in [0.3, 0.4) is 0 Å². The molecule has 1 aliphatic rings. The Balaban J connectivity index is 1.74. The quantitative estimate of drug-likeness (QED) is 0.872. The van der Waals surface area contributed by atoms with Crippen molar-refractivity contribution in [1.29, 1.82) is 0 Å². The molecule has 2 N–H and O–H groups in total. The van der Waals surface area contributed by atoms with E-state index in [1.807, 2.05) is 29.7 Å². The van der Waals surface area contributed by atoms with Gasteiger partial charge in [-0.1, -0.05) is 0 Å². The van der Waals surface area contributed by atoms with Gasteiger partial charge >= 0.3 is 0 Å². The SMILES string of the molecule is CN(C)c1nccc(N2CCC(n3cc(C(N)=O)cn3)C2)n1. The molecule has 0 bridgehead atoms. The van der Waals surface area contributed by atoms with E-state index in [-0.39, 0.29) is 6.04 Å². The fourth-order valence-electron chi connectivity index (χ4n) is 2.56. The van der Waals surface area contributed by atoms with Gasteiger partial charge in [-0.3, -0.25) is 9.48 Å². The maximum Gasteiger partial charge on any atom is 0.251 e. The van der Waals surface area contributed by atoms with Crippen molar-refractivity contribution in [3.05, 3.63) is 30.2 Å². The Morgan fingerprint density at radius 1 is 1.45 bits per heavy atom. The van der Waals surface area contributed by atoms with E-state index in [1.54, 1.807) is 12.4 Å². The molecule has 0 spiro atoms. The number of hydrogen-bond donors (Lipinski definition) is 1. The molecule has 1 unspecified atom stereocenters. The van der Waals surface area contributed by atoms with Crippen LogP contribution in [0.2, 0.25) is 0 Å². The molecule has 1 aliphatic heterocycles. The molecule has 1 atom stereocenters. The van der Waals surface area contributed by atoms with Crippen molar-refractivity contribution >= 4 is 17.7 Å². The molecular formula is C14H19N7O. The fourth-order valence-corrected chi connectivity index (χ4v) is 2.56. The summed E-state index contributed by atoms with van der Waals surface area (Å²) in [7, 11) is 3.84. The van der Waals surface area contributed by atoms with Crippen molar-refractivity contribution < 1.29 is 4.79 Å². The van der Waals surface area contributed by atoms with Crippen LogP contribution in [0.1, 0.15) is 22.8 Å². The van der Waals surface area contributed by atoms with Crippen molar-refractivity contribution in [2.75, 3.05) is 37.0 Å². The molecule has 1 fully saturated rings. The van der Waals surface area contributed by atoms with Gasteiger partial charge in [0.15, 0.2) is 0 Å². The smallest absolute Gasteiger partial charge is 0.251 e. The van der Waals surface area contributed by atoms with Gasteiger partial charge in [-0.25, -0.2) is 4.98 Å². The average molecular weight is 301 g/mol. The van der Waals surface area contributed by atoms with Crippen molar-refractivity contribution in [3.8, 4) is 0 Å². The molecule has 8 heteroatoms. The van der Waals surface area contributed by atoms with Gasteiger partial charge in [0.05, 0.1) is 17.8 Å². The second kappa shape index (κ2) is 5.63. The van der Waals surface area contributed by atoms with Gasteiger partial charge in [-0.05, 0) is 12.5 Å². The monoisotopic (exact) mass is 301 g/mol. The number of aromatic nitrogens is 4. The molecule has 22 heavy (non-hydrogen) atoms. The first-order valence-electron chi connectivity index (χ1n) is 7.14. The van der Waals surface area contributed by atoms with Crippen molar-refractivity contribution in [1.82, 2.24) is 19.7 Å². The third kappa shape index (κ3) is 2.72. The summed E-state index contributed by atoms with van der Waals surface area (Å²) in [5.74, 6) is 1.15. The predicted octanol–water partition coefficient (Wildman–Crippen LogP) is 0.289. The number of rotatable bonds is 4. The summed E-state index contributed by atoms with van der Waals surface area (Å²) in [6.45, 7) is 1.68. The predicted molar refractivity (Wildman–Crippen MR) is 83.0 cm³/mol. The number of hydrogen-bond acceptors (Lipinski definition) is 6. The lowest BCUT2D eigenvalue weighted by molar-refractivity contribution is 0.1000. The second-order valence-electron chi connectivity index (χ2n) is 5.57. The number of nitrogens with zero attached hydrogens (tertiary/aromatic N) is 6. The minimum Gasteiger partial charge on any atom is -0.366 e. The normalized spacial score (nSPS) is 17.7. The van der Waals surface area contributed by atoms with Crippen LogP contribution in [0.4, 0.5) is 11.8 Å². The number of amides is 1. The summed E-state index contributed by atoms with van der Waals surface area (Å²) in [4.78, 5) is 24.0. The molecule has 116 valence electrons. The highest BCUT2D eigenvalue weighted by Gasteiger charge is 2.26. The zero-order chi connectivity index (χ0) is 15.7. The minimum atomic E-state index is -0.451. The van der Waals surface area contributed by atoms with Crippen molar-refractivity contribution in [2.45, 2.75) is 12.5 Å². The molecule has 0 aliphatic carbocycles. The van der Waals surface area contributed by atoms with Crippen molar-refractivity contribution in [2.24, 2.45) is 5.73 Å².